The van der Waals surface area contributed by atoms with Gasteiger partial charge in [-0.15, -0.1) is 0 Å². The molecule has 0 aliphatic carbocycles. The molecule has 0 spiro atoms. The zero-order valence-electron chi connectivity index (χ0n) is 8.42. The van der Waals surface area contributed by atoms with Crippen molar-refractivity contribution in [1.82, 2.24) is 10.6 Å². The first-order valence-corrected chi connectivity index (χ1v) is 4.56. The van der Waals surface area contributed by atoms with Gasteiger partial charge in [0.2, 0.25) is 0 Å². The second-order valence-electron chi connectivity index (χ2n) is 3.24. The molecule has 0 saturated heterocycles. The number of amides is 2. The van der Waals surface area contributed by atoms with Crippen molar-refractivity contribution >= 4 is 6.03 Å². The molecule has 0 saturated carbocycles. The maximum Gasteiger partial charge on any atom is 0.316 e. The minimum atomic E-state index is -0.372. The number of nitrogens with one attached hydrogen (secondary N) is 2. The van der Waals surface area contributed by atoms with Gasteiger partial charge in [-0.05, 0) is 20.3 Å². The maximum atomic E-state index is 11.1. The minimum Gasteiger partial charge on any atom is -0.336 e. The normalized spacial score (nSPS) is 11.9. The van der Waals surface area contributed by atoms with Crippen LogP contribution in [0, 0.1) is 11.3 Å². The van der Waals surface area contributed by atoms with E-state index in [0.717, 1.165) is 6.42 Å². The molecule has 2 N–H and O–H groups in total. The third-order valence-corrected chi connectivity index (χ3v) is 1.46. The predicted octanol–water partition coefficient (Wildman–Crippen LogP) is 1.39. The van der Waals surface area contributed by atoms with Crippen molar-refractivity contribution < 1.29 is 4.79 Å². The zero-order valence-corrected chi connectivity index (χ0v) is 8.42. The van der Waals surface area contributed by atoms with Gasteiger partial charge < -0.3 is 10.6 Å². The first-order valence-electron chi connectivity index (χ1n) is 4.56. The number of urea groups is 1. The summed E-state index contributed by atoms with van der Waals surface area (Å²) < 4.78 is 0. The van der Waals surface area contributed by atoms with Gasteiger partial charge in [0.15, 0.2) is 0 Å². The molecule has 0 heterocycles. The smallest absolute Gasteiger partial charge is 0.316 e. The molecule has 2 amide bonds. The third-order valence-electron chi connectivity index (χ3n) is 1.46. The van der Waals surface area contributed by atoms with E-state index >= 15 is 0 Å². The molecule has 1 unspecified atom stereocenters. The van der Waals surface area contributed by atoms with Gasteiger partial charge in [-0.3, -0.25) is 0 Å². The molecule has 13 heavy (non-hydrogen) atoms. The van der Waals surface area contributed by atoms with Gasteiger partial charge in [0.25, 0.3) is 0 Å². The molecule has 0 aromatic heterocycles. The fourth-order valence-corrected chi connectivity index (χ4v) is 0.920. The Hall–Kier alpha value is -1.24. The Labute approximate surface area is 79.3 Å². The summed E-state index contributed by atoms with van der Waals surface area (Å²) in [6.07, 6.45) is 1.59. The van der Waals surface area contributed by atoms with E-state index in [1.165, 1.54) is 0 Å². The fourth-order valence-electron chi connectivity index (χ4n) is 0.920. The Morgan fingerprint density at radius 2 is 2.08 bits per heavy atom. The summed E-state index contributed by atoms with van der Waals surface area (Å²) >= 11 is 0. The molecule has 0 bridgehead atoms. The second kappa shape index (κ2) is 6.30. The lowest BCUT2D eigenvalue weighted by atomic mass is 10.2. The van der Waals surface area contributed by atoms with Crippen LogP contribution in [0.2, 0.25) is 0 Å². The molecule has 0 rings (SSSR count). The topological polar surface area (TPSA) is 64.9 Å². The van der Waals surface area contributed by atoms with Gasteiger partial charge in [0.1, 0.15) is 6.04 Å². The third kappa shape index (κ3) is 5.97. The van der Waals surface area contributed by atoms with E-state index in [-0.39, 0.29) is 18.1 Å². The van der Waals surface area contributed by atoms with E-state index in [1.807, 2.05) is 26.8 Å². The van der Waals surface area contributed by atoms with Crippen LogP contribution in [0.4, 0.5) is 4.79 Å². The van der Waals surface area contributed by atoms with Crippen molar-refractivity contribution in [3.05, 3.63) is 0 Å². The Balaban J connectivity index is 3.81. The van der Waals surface area contributed by atoms with Crippen LogP contribution in [-0.4, -0.2) is 18.1 Å². The van der Waals surface area contributed by atoms with Gasteiger partial charge in [0.05, 0.1) is 6.07 Å². The minimum absolute atomic E-state index is 0.0981. The van der Waals surface area contributed by atoms with Crippen LogP contribution in [-0.2, 0) is 0 Å². The molecule has 4 nitrogen and oxygen atoms in total. The van der Waals surface area contributed by atoms with Crippen LogP contribution in [0.1, 0.15) is 33.6 Å². The largest absolute Gasteiger partial charge is 0.336 e. The number of hydrogen-bond acceptors (Lipinski definition) is 2. The van der Waals surface area contributed by atoms with Crippen molar-refractivity contribution in [3.63, 3.8) is 0 Å². The SMILES string of the molecule is CCCC(C#N)NC(=O)NC(C)C. The Morgan fingerprint density at radius 1 is 1.46 bits per heavy atom. The molecule has 1 atom stereocenters. The van der Waals surface area contributed by atoms with Gasteiger partial charge >= 0.3 is 6.03 Å². The summed E-state index contributed by atoms with van der Waals surface area (Å²) in [4.78, 5) is 11.1. The average Bonchev–Trinajstić information content (AvgIpc) is 2.02. The first kappa shape index (κ1) is 11.8. The number of carbonyl (C=O) groups is 1. The molecule has 0 fully saturated rings. The van der Waals surface area contributed by atoms with E-state index in [2.05, 4.69) is 10.6 Å². The summed E-state index contributed by atoms with van der Waals surface area (Å²) in [7, 11) is 0. The molecule has 74 valence electrons. The second-order valence-corrected chi connectivity index (χ2v) is 3.24. The number of rotatable bonds is 4. The van der Waals surface area contributed by atoms with Crippen LogP contribution in [0.5, 0.6) is 0 Å². The van der Waals surface area contributed by atoms with Gasteiger partial charge in [-0.1, -0.05) is 13.3 Å². The molecule has 4 heteroatoms. The maximum absolute atomic E-state index is 11.1. The molecular weight excluding hydrogens is 166 g/mol. The highest BCUT2D eigenvalue weighted by Crippen LogP contribution is 1.94. The Bertz CT molecular complexity index is 196. The summed E-state index contributed by atoms with van der Waals surface area (Å²) in [5.74, 6) is 0. The molecule has 0 aliphatic heterocycles. The molecule has 0 aromatic rings. The van der Waals surface area contributed by atoms with Gasteiger partial charge in [-0.25, -0.2) is 4.79 Å². The van der Waals surface area contributed by atoms with Crippen molar-refractivity contribution in [2.75, 3.05) is 0 Å². The summed E-state index contributed by atoms with van der Waals surface area (Å²) in [5.41, 5.74) is 0. The monoisotopic (exact) mass is 183 g/mol. The number of nitriles is 1. The quantitative estimate of drug-likeness (QED) is 0.691. The lowest BCUT2D eigenvalue weighted by Gasteiger charge is -2.13. The molecule has 0 radical (unpaired) electrons. The highest BCUT2D eigenvalue weighted by atomic mass is 16.2. The Kier molecular flexibility index (Phi) is 5.69. The van der Waals surface area contributed by atoms with Crippen molar-refractivity contribution in [2.45, 2.75) is 45.7 Å². The number of nitrogens with zero attached hydrogens (tertiary/aromatic N) is 1. The van der Waals surface area contributed by atoms with Crippen LogP contribution < -0.4 is 10.6 Å². The summed E-state index contributed by atoms with van der Waals surface area (Å²) in [5, 5.41) is 13.9. The lowest BCUT2D eigenvalue weighted by molar-refractivity contribution is 0.236. The van der Waals surface area contributed by atoms with E-state index in [4.69, 9.17) is 5.26 Å². The van der Waals surface area contributed by atoms with Crippen LogP contribution in [0.15, 0.2) is 0 Å². The van der Waals surface area contributed by atoms with E-state index in [1.54, 1.807) is 0 Å². The fraction of sp³-hybridized carbons (Fsp3) is 0.778. The molecular formula is C9H17N3O. The van der Waals surface area contributed by atoms with E-state index in [0.29, 0.717) is 6.42 Å². The standard InChI is InChI=1S/C9H17N3O/c1-4-5-8(6-10)12-9(13)11-7(2)3/h7-8H,4-5H2,1-3H3,(H2,11,12,13). The van der Waals surface area contributed by atoms with Crippen LogP contribution >= 0.6 is 0 Å². The first-order chi connectivity index (χ1) is 6.10. The van der Waals surface area contributed by atoms with Crippen molar-refractivity contribution in [1.29, 1.82) is 5.26 Å². The van der Waals surface area contributed by atoms with Crippen molar-refractivity contribution in [2.24, 2.45) is 0 Å². The van der Waals surface area contributed by atoms with Crippen LogP contribution in [0.25, 0.3) is 0 Å². The molecule has 0 aromatic carbocycles. The van der Waals surface area contributed by atoms with Gasteiger partial charge in [-0.2, -0.15) is 5.26 Å². The number of hydrogen-bond donors (Lipinski definition) is 2. The Morgan fingerprint density at radius 3 is 2.46 bits per heavy atom. The predicted molar refractivity (Wildman–Crippen MR) is 51.1 cm³/mol. The summed E-state index contributed by atoms with van der Waals surface area (Å²) in [6, 6.07) is 1.49. The zero-order chi connectivity index (χ0) is 10.3. The van der Waals surface area contributed by atoms with Gasteiger partial charge in [0, 0.05) is 6.04 Å². The highest BCUT2D eigenvalue weighted by Gasteiger charge is 2.09. The van der Waals surface area contributed by atoms with Crippen LogP contribution in [0.3, 0.4) is 0 Å². The average molecular weight is 183 g/mol. The highest BCUT2D eigenvalue weighted by molar-refractivity contribution is 5.74. The lowest BCUT2D eigenvalue weighted by Crippen LogP contribution is -2.44. The van der Waals surface area contributed by atoms with Crippen molar-refractivity contribution in [3.8, 4) is 6.07 Å². The van der Waals surface area contributed by atoms with E-state index < -0.39 is 0 Å². The summed E-state index contributed by atoms with van der Waals surface area (Å²) in [6.45, 7) is 5.73. The van der Waals surface area contributed by atoms with E-state index in [9.17, 15) is 4.79 Å². The number of carbonyl (C=O) groups excluding carboxylic acids is 1. The molecule has 0 aliphatic rings.